The summed E-state index contributed by atoms with van der Waals surface area (Å²) >= 11 is 0. The first-order chi connectivity index (χ1) is 12.0. The van der Waals surface area contributed by atoms with Gasteiger partial charge in [0.2, 0.25) is 0 Å². The van der Waals surface area contributed by atoms with Gasteiger partial charge in [-0.05, 0) is 41.8 Å². The van der Waals surface area contributed by atoms with Gasteiger partial charge in [0.05, 0.1) is 0 Å². The van der Waals surface area contributed by atoms with E-state index in [1.807, 2.05) is 20.8 Å². The molecule has 0 bridgehead atoms. The minimum Gasteiger partial charge on any atom is -0.412 e. The van der Waals surface area contributed by atoms with Gasteiger partial charge in [0.1, 0.15) is 5.82 Å². The molecule has 0 spiro atoms. The summed E-state index contributed by atoms with van der Waals surface area (Å²) in [5.41, 5.74) is 3.73. The molecule has 3 rings (SSSR count). The highest BCUT2D eigenvalue weighted by Gasteiger charge is 1.99. The lowest BCUT2D eigenvalue weighted by Crippen LogP contribution is -1.82. The van der Waals surface area contributed by atoms with Crippen LogP contribution in [0.4, 0.5) is 4.39 Å². The highest BCUT2D eigenvalue weighted by molar-refractivity contribution is 5.92. The topological polar surface area (TPSA) is 63.0 Å². The fourth-order valence-electron chi connectivity index (χ4n) is 2.40. The van der Waals surface area contributed by atoms with E-state index < -0.39 is 0 Å². The number of benzene rings is 3. The van der Waals surface area contributed by atoms with E-state index in [1.165, 1.54) is 22.4 Å². The van der Waals surface area contributed by atoms with Crippen molar-refractivity contribution in [3.63, 3.8) is 0 Å². The Hall–Kier alpha value is -2.75. The van der Waals surface area contributed by atoms with Crippen LogP contribution in [0, 0.1) is 5.82 Å². The first-order valence-electron chi connectivity index (χ1n) is 8.54. The van der Waals surface area contributed by atoms with Gasteiger partial charge in [0.25, 0.3) is 0 Å². The van der Waals surface area contributed by atoms with Crippen molar-refractivity contribution in [1.29, 1.82) is 0 Å². The summed E-state index contributed by atoms with van der Waals surface area (Å²) in [4.78, 5) is 0. The molecule has 0 aliphatic rings. The highest BCUT2D eigenvalue weighted by atomic mass is 19.1. The molecule has 3 heteroatoms. The predicted octanol–water partition coefficient (Wildman–Crippen LogP) is 6.11. The Bertz CT molecular complexity index is 848. The number of fused-ring (bicyclic) bond motifs is 1. The molecule has 146 valence electrons. The quantitative estimate of drug-likeness (QED) is 0.522. The molecular weight excluding hydrogens is 339 g/mol. The summed E-state index contributed by atoms with van der Waals surface area (Å²) in [7, 11) is 0. The van der Waals surface area contributed by atoms with Gasteiger partial charge in [0.15, 0.2) is 0 Å². The van der Waals surface area contributed by atoms with Crippen molar-refractivity contribution in [1.82, 2.24) is 0 Å². The Kier molecular flexibility index (Phi) is 13.2. The average Bonchev–Trinajstić information content (AvgIpc) is 2.63. The molecule has 0 saturated heterocycles. The van der Waals surface area contributed by atoms with Gasteiger partial charge in [-0.3, -0.25) is 0 Å². The van der Waals surface area contributed by atoms with Crippen molar-refractivity contribution in [3.8, 4) is 0 Å². The molecular formula is C24H31FO2. The van der Waals surface area contributed by atoms with Crippen molar-refractivity contribution < 1.29 is 15.3 Å². The van der Waals surface area contributed by atoms with E-state index >= 15 is 0 Å². The van der Waals surface area contributed by atoms with Crippen LogP contribution in [-0.4, -0.2) is 11.0 Å². The normalized spacial score (nSPS) is 8.63. The second kappa shape index (κ2) is 13.5. The van der Waals surface area contributed by atoms with Crippen molar-refractivity contribution in [3.05, 3.63) is 96.8 Å². The number of rotatable bonds is 2. The fourth-order valence-corrected chi connectivity index (χ4v) is 2.40. The van der Waals surface area contributed by atoms with E-state index in [0.717, 1.165) is 11.1 Å². The zero-order chi connectivity index (χ0) is 18.8. The monoisotopic (exact) mass is 370 g/mol. The maximum absolute atomic E-state index is 12.8. The summed E-state index contributed by atoms with van der Waals surface area (Å²) in [6.45, 7) is 15.5. The Morgan fingerprint density at radius 1 is 0.667 bits per heavy atom. The van der Waals surface area contributed by atoms with Gasteiger partial charge in [-0.25, -0.2) is 4.39 Å². The third-order valence-electron chi connectivity index (χ3n) is 3.58. The number of hydrogen-bond acceptors (Lipinski definition) is 0. The lowest BCUT2D eigenvalue weighted by molar-refractivity contribution is 0.624. The molecule has 0 atom stereocenters. The molecule has 3 aromatic rings. The van der Waals surface area contributed by atoms with Gasteiger partial charge in [-0.15, -0.1) is 0 Å². The largest absolute Gasteiger partial charge is 0.412 e. The van der Waals surface area contributed by atoms with Crippen molar-refractivity contribution in [2.75, 3.05) is 0 Å². The molecule has 0 unspecified atom stereocenters. The van der Waals surface area contributed by atoms with E-state index in [-0.39, 0.29) is 16.8 Å². The SMILES string of the molecule is C=C(C)c1cccc2ccccc12.C=C(C)c1ccccc1F.CC.O.O. The smallest absolute Gasteiger partial charge is 0.130 e. The third kappa shape index (κ3) is 7.57. The van der Waals surface area contributed by atoms with Crippen LogP contribution in [0.15, 0.2) is 79.9 Å². The van der Waals surface area contributed by atoms with Crippen LogP contribution in [0.2, 0.25) is 0 Å². The maximum Gasteiger partial charge on any atom is 0.130 e. The highest BCUT2D eigenvalue weighted by Crippen LogP contribution is 2.23. The summed E-state index contributed by atoms with van der Waals surface area (Å²) in [6.07, 6.45) is 0. The minimum absolute atomic E-state index is 0. The molecule has 2 nitrogen and oxygen atoms in total. The Balaban J connectivity index is 0. The van der Waals surface area contributed by atoms with Crippen LogP contribution >= 0.6 is 0 Å². The molecule has 0 radical (unpaired) electrons. The van der Waals surface area contributed by atoms with Crippen molar-refractivity contribution in [2.45, 2.75) is 27.7 Å². The molecule has 4 N–H and O–H groups in total. The van der Waals surface area contributed by atoms with Crippen molar-refractivity contribution >= 4 is 21.9 Å². The molecule has 0 aliphatic carbocycles. The van der Waals surface area contributed by atoms with Crippen molar-refractivity contribution in [2.24, 2.45) is 0 Å². The van der Waals surface area contributed by atoms with Crippen LogP contribution in [0.3, 0.4) is 0 Å². The zero-order valence-electron chi connectivity index (χ0n) is 16.6. The van der Waals surface area contributed by atoms with E-state index in [0.29, 0.717) is 5.56 Å². The van der Waals surface area contributed by atoms with Gasteiger partial charge in [-0.1, -0.05) is 93.2 Å². The van der Waals surface area contributed by atoms with Gasteiger partial charge >= 0.3 is 0 Å². The van der Waals surface area contributed by atoms with E-state index in [2.05, 4.69) is 55.6 Å². The molecule has 3 aromatic carbocycles. The molecule has 0 saturated carbocycles. The lowest BCUT2D eigenvalue weighted by Gasteiger charge is -2.04. The van der Waals surface area contributed by atoms with Crippen LogP contribution < -0.4 is 0 Å². The Labute approximate surface area is 162 Å². The number of allylic oxidation sites excluding steroid dienone is 2. The maximum atomic E-state index is 12.8. The standard InChI is InChI=1S/C13H12.C9H9F.C2H6.2H2O/c1-10(2)12-9-5-7-11-6-3-4-8-13(11)12;1-7(2)8-5-3-4-6-9(8)10;1-2;;/h3-9H,1H2,2H3;3-6H,1H2,2H3;1-2H3;2*1H2. The van der Waals surface area contributed by atoms with Gasteiger partial charge < -0.3 is 11.0 Å². The van der Waals surface area contributed by atoms with Crippen LogP contribution in [-0.2, 0) is 0 Å². The van der Waals surface area contributed by atoms with E-state index in [9.17, 15) is 4.39 Å². The lowest BCUT2D eigenvalue weighted by atomic mass is 10.0. The summed E-state index contributed by atoms with van der Waals surface area (Å²) in [5, 5.41) is 2.57. The second-order valence-corrected chi connectivity index (χ2v) is 5.57. The van der Waals surface area contributed by atoms with Crippen LogP contribution in [0.25, 0.3) is 21.9 Å². The average molecular weight is 371 g/mol. The predicted molar refractivity (Wildman–Crippen MR) is 118 cm³/mol. The van der Waals surface area contributed by atoms with Crippen LogP contribution in [0.1, 0.15) is 38.8 Å². The summed E-state index contributed by atoms with van der Waals surface area (Å²) in [5.74, 6) is -0.199. The number of halogens is 1. The van der Waals surface area contributed by atoms with Gasteiger partial charge in [0, 0.05) is 5.56 Å². The molecule has 27 heavy (non-hydrogen) atoms. The Morgan fingerprint density at radius 3 is 1.63 bits per heavy atom. The van der Waals surface area contributed by atoms with Crippen LogP contribution in [0.5, 0.6) is 0 Å². The number of hydrogen-bond donors (Lipinski definition) is 0. The van der Waals surface area contributed by atoms with E-state index in [4.69, 9.17) is 0 Å². The zero-order valence-corrected chi connectivity index (χ0v) is 16.6. The molecule has 0 fully saturated rings. The molecule has 0 aromatic heterocycles. The summed E-state index contributed by atoms with van der Waals surface area (Å²) < 4.78 is 12.8. The first kappa shape index (κ1) is 26.5. The molecule has 0 aliphatic heterocycles. The Morgan fingerprint density at radius 2 is 1.11 bits per heavy atom. The van der Waals surface area contributed by atoms with Gasteiger partial charge in [-0.2, -0.15) is 0 Å². The molecule has 0 amide bonds. The second-order valence-electron chi connectivity index (χ2n) is 5.57. The first-order valence-corrected chi connectivity index (χ1v) is 8.54. The third-order valence-corrected chi connectivity index (χ3v) is 3.58. The molecule has 0 heterocycles. The summed E-state index contributed by atoms with van der Waals surface area (Å²) in [6, 6.07) is 21.3. The minimum atomic E-state index is -0.199. The fraction of sp³-hybridized carbons (Fsp3) is 0.167. The van der Waals surface area contributed by atoms with E-state index in [1.54, 1.807) is 25.1 Å².